The van der Waals surface area contributed by atoms with Gasteiger partial charge in [-0.05, 0) is 24.6 Å². The van der Waals surface area contributed by atoms with Crippen LogP contribution in [-0.4, -0.2) is 72.7 Å². The van der Waals surface area contributed by atoms with E-state index in [1.54, 1.807) is 67.6 Å². The fraction of sp³-hybridized carbons (Fsp3) is 0.433. The Morgan fingerprint density at radius 2 is 1.49 bits per heavy atom. The second kappa shape index (κ2) is 18.0. The molecule has 0 heterocycles. The number of esters is 3. The molecule has 45 heavy (non-hydrogen) atoms. The van der Waals surface area contributed by atoms with Crippen LogP contribution in [0, 0.1) is 0 Å². The topological polar surface area (TPSA) is 146 Å². The second-order valence-electron chi connectivity index (χ2n) is 9.71. The van der Waals surface area contributed by atoms with Gasteiger partial charge in [0.2, 0.25) is 10.8 Å². The maximum Gasteiger partial charge on any atom is 0.471 e. The van der Waals surface area contributed by atoms with Gasteiger partial charge >= 0.3 is 30.0 Å². The molecule has 0 saturated carbocycles. The van der Waals surface area contributed by atoms with Crippen LogP contribution in [0.25, 0.3) is 0 Å². The van der Waals surface area contributed by atoms with Gasteiger partial charge in [0, 0.05) is 38.1 Å². The predicted octanol–water partition coefficient (Wildman–Crippen LogP) is 3.69. The molecule has 2 amide bonds. The third kappa shape index (κ3) is 14.0. The van der Waals surface area contributed by atoms with Crippen LogP contribution in [0.3, 0.4) is 0 Å². The van der Waals surface area contributed by atoms with Gasteiger partial charge in [0.05, 0.1) is 12.6 Å². The largest absolute Gasteiger partial charge is 0.471 e. The van der Waals surface area contributed by atoms with Crippen molar-refractivity contribution in [2.45, 2.75) is 68.4 Å². The number of carbonyl (C=O) groups is 5. The fourth-order valence-electron chi connectivity index (χ4n) is 3.87. The average molecular weight is 657 g/mol. The van der Waals surface area contributed by atoms with Gasteiger partial charge in [-0.3, -0.25) is 19.2 Å². The number of halogens is 3. The summed E-state index contributed by atoms with van der Waals surface area (Å²) >= 11 is 0.981. The van der Waals surface area contributed by atoms with Crippen LogP contribution in [0.2, 0.25) is 0 Å². The van der Waals surface area contributed by atoms with E-state index >= 15 is 0 Å². The van der Waals surface area contributed by atoms with Crippen LogP contribution in [0.15, 0.2) is 65.6 Å². The molecule has 0 aliphatic heterocycles. The van der Waals surface area contributed by atoms with Gasteiger partial charge < -0.3 is 29.6 Å². The zero-order valence-corrected chi connectivity index (χ0v) is 25.7. The fourth-order valence-corrected chi connectivity index (χ4v) is 5.10. The lowest BCUT2D eigenvalue weighted by Gasteiger charge is -2.34. The van der Waals surface area contributed by atoms with E-state index < -0.39 is 59.6 Å². The number of nitrogens with one attached hydrogen (secondary N) is 2. The molecule has 11 nitrogen and oxygen atoms in total. The summed E-state index contributed by atoms with van der Waals surface area (Å²) in [7, 11) is 0. The van der Waals surface area contributed by atoms with Crippen LogP contribution in [-0.2, 0) is 49.5 Å². The van der Waals surface area contributed by atoms with Crippen LogP contribution < -0.4 is 10.6 Å². The third-order valence-electron chi connectivity index (χ3n) is 5.78. The van der Waals surface area contributed by atoms with Crippen molar-refractivity contribution in [1.82, 2.24) is 10.6 Å². The van der Waals surface area contributed by atoms with E-state index in [9.17, 15) is 37.1 Å². The molecule has 0 aliphatic rings. The Balaban J connectivity index is 2.33. The number of hydrogen-bond donors (Lipinski definition) is 2. The zero-order valence-electron chi connectivity index (χ0n) is 24.9. The number of rotatable bonds is 17. The van der Waals surface area contributed by atoms with E-state index in [0.29, 0.717) is 10.5 Å². The molecule has 0 saturated heterocycles. The molecule has 0 bridgehead atoms. The monoisotopic (exact) mass is 656 g/mol. The third-order valence-corrected chi connectivity index (χ3v) is 7.09. The molecule has 2 aromatic carbocycles. The standard InChI is InChI=1S/C30H35F3N2O9S/c1-20(16-24(43-22(3)37)19-41-21(2)36)44-29(45-25-12-8-5-9-13-25,28(40)42-18-23-10-6-4-7-11-23)14-15-34-26(38)17-35-27(39)30(31,32)33/h4-13,20,24H,14-19H2,1-3H3,(H,34,38)(H,35,39). The number of thioether (sulfide) groups is 1. The van der Waals surface area contributed by atoms with Gasteiger partial charge in [-0.1, -0.05) is 60.3 Å². The van der Waals surface area contributed by atoms with Crippen molar-refractivity contribution >= 4 is 41.5 Å². The van der Waals surface area contributed by atoms with Crippen molar-refractivity contribution < 1.29 is 56.1 Å². The summed E-state index contributed by atoms with van der Waals surface area (Å²) in [6, 6.07) is 17.5. The van der Waals surface area contributed by atoms with Crippen LogP contribution in [0.5, 0.6) is 0 Å². The number of benzene rings is 2. The number of hydrogen-bond acceptors (Lipinski definition) is 10. The predicted molar refractivity (Wildman–Crippen MR) is 155 cm³/mol. The highest BCUT2D eigenvalue weighted by molar-refractivity contribution is 8.01. The number of ether oxygens (including phenoxy) is 4. The van der Waals surface area contributed by atoms with Gasteiger partial charge in [-0.2, -0.15) is 13.2 Å². The molecule has 0 radical (unpaired) electrons. The van der Waals surface area contributed by atoms with Crippen molar-refractivity contribution in [3.63, 3.8) is 0 Å². The first-order chi connectivity index (χ1) is 21.2. The van der Waals surface area contributed by atoms with Crippen molar-refractivity contribution in [2.75, 3.05) is 19.7 Å². The molecule has 3 atom stereocenters. The molecular formula is C30H35F3N2O9S. The van der Waals surface area contributed by atoms with Gasteiger partial charge in [-0.15, -0.1) is 0 Å². The summed E-state index contributed by atoms with van der Waals surface area (Å²) in [6.45, 7) is 2.37. The van der Waals surface area contributed by atoms with E-state index in [1.165, 1.54) is 19.2 Å². The minimum Gasteiger partial charge on any atom is -0.462 e. The van der Waals surface area contributed by atoms with Gasteiger partial charge in [0.1, 0.15) is 19.3 Å². The van der Waals surface area contributed by atoms with Crippen LogP contribution >= 0.6 is 11.8 Å². The minimum atomic E-state index is -5.16. The highest BCUT2D eigenvalue weighted by atomic mass is 32.2. The summed E-state index contributed by atoms with van der Waals surface area (Å²) in [6.07, 6.45) is -7.14. The Hall–Kier alpha value is -4.11. The minimum absolute atomic E-state index is 0.00818. The first-order valence-corrected chi connectivity index (χ1v) is 14.6. The molecule has 2 aromatic rings. The SMILES string of the molecule is CC(=O)OCC(CC(C)OC(CCNC(=O)CNC(=O)C(F)(F)F)(Sc1ccccc1)C(=O)OCc1ccccc1)OC(C)=O. The molecular weight excluding hydrogens is 621 g/mol. The van der Waals surface area contributed by atoms with Crippen LogP contribution in [0.1, 0.15) is 39.2 Å². The van der Waals surface area contributed by atoms with Crippen molar-refractivity contribution in [3.8, 4) is 0 Å². The summed E-state index contributed by atoms with van der Waals surface area (Å²) in [5.41, 5.74) is 0.683. The van der Waals surface area contributed by atoms with E-state index in [-0.39, 0.29) is 32.6 Å². The summed E-state index contributed by atoms with van der Waals surface area (Å²) in [5, 5.41) is 3.86. The molecule has 0 spiro atoms. The molecule has 2 rings (SSSR count). The lowest BCUT2D eigenvalue weighted by Crippen LogP contribution is -2.47. The summed E-state index contributed by atoms with van der Waals surface area (Å²) in [4.78, 5) is 59.0. The zero-order chi connectivity index (χ0) is 33.5. The van der Waals surface area contributed by atoms with Gasteiger partial charge in [-0.25, -0.2) is 4.79 Å². The number of alkyl halides is 3. The second-order valence-corrected chi connectivity index (χ2v) is 11.0. The van der Waals surface area contributed by atoms with Crippen molar-refractivity contribution in [3.05, 3.63) is 66.2 Å². The summed E-state index contributed by atoms with van der Waals surface area (Å²) in [5.74, 6) is -5.26. The van der Waals surface area contributed by atoms with E-state index in [2.05, 4.69) is 5.32 Å². The lowest BCUT2D eigenvalue weighted by molar-refractivity contribution is -0.173. The maximum atomic E-state index is 13.8. The lowest BCUT2D eigenvalue weighted by atomic mass is 10.1. The van der Waals surface area contributed by atoms with E-state index in [4.69, 9.17) is 18.9 Å². The normalized spacial score (nSPS) is 13.8. The quantitative estimate of drug-likeness (QED) is 0.112. The number of amides is 2. The Morgan fingerprint density at radius 1 is 0.867 bits per heavy atom. The highest BCUT2D eigenvalue weighted by Crippen LogP contribution is 2.40. The first kappa shape index (κ1) is 37.1. The van der Waals surface area contributed by atoms with Crippen molar-refractivity contribution in [1.29, 1.82) is 0 Å². The Morgan fingerprint density at radius 3 is 2.07 bits per heavy atom. The van der Waals surface area contributed by atoms with Crippen molar-refractivity contribution in [2.24, 2.45) is 0 Å². The molecule has 0 aromatic heterocycles. The molecule has 246 valence electrons. The Bertz CT molecular complexity index is 1280. The van der Waals surface area contributed by atoms with Crippen LogP contribution in [0.4, 0.5) is 13.2 Å². The van der Waals surface area contributed by atoms with Gasteiger partial charge in [0.25, 0.3) is 0 Å². The molecule has 3 unspecified atom stereocenters. The van der Waals surface area contributed by atoms with E-state index in [0.717, 1.165) is 11.8 Å². The average Bonchev–Trinajstić information content (AvgIpc) is 2.97. The highest BCUT2D eigenvalue weighted by Gasteiger charge is 2.44. The Labute approximate surface area is 262 Å². The molecule has 0 aliphatic carbocycles. The first-order valence-electron chi connectivity index (χ1n) is 13.8. The summed E-state index contributed by atoms with van der Waals surface area (Å²) < 4.78 is 59.7. The molecule has 0 fully saturated rings. The molecule has 2 N–H and O–H groups in total. The smallest absolute Gasteiger partial charge is 0.462 e. The van der Waals surface area contributed by atoms with E-state index in [1.807, 2.05) is 0 Å². The Kier molecular flexibility index (Phi) is 14.8. The molecule has 15 heteroatoms. The number of carbonyl (C=O) groups excluding carboxylic acids is 5. The maximum absolute atomic E-state index is 13.8. The van der Waals surface area contributed by atoms with Gasteiger partial charge in [0.15, 0.2) is 0 Å².